The summed E-state index contributed by atoms with van der Waals surface area (Å²) < 4.78 is 1.75. The summed E-state index contributed by atoms with van der Waals surface area (Å²) in [6.07, 6.45) is 3.92. The maximum absolute atomic E-state index is 13.2. The number of fused-ring (bicyclic) bond motifs is 1. The molecule has 1 aliphatic rings. The van der Waals surface area contributed by atoms with Crippen molar-refractivity contribution < 1.29 is 4.79 Å². The molecule has 0 radical (unpaired) electrons. The molecular formula is C19H16Cl2N4O. The van der Waals surface area contributed by atoms with Gasteiger partial charge in [0.15, 0.2) is 0 Å². The van der Waals surface area contributed by atoms with E-state index >= 15 is 0 Å². The number of hydrogen-bond donors (Lipinski definition) is 0. The molecule has 4 rings (SSSR count). The minimum absolute atomic E-state index is 0.0363. The third-order valence-electron chi connectivity index (χ3n) is 4.64. The number of halogens is 2. The zero-order valence-corrected chi connectivity index (χ0v) is 15.4. The van der Waals surface area contributed by atoms with Crippen LogP contribution in [0.15, 0.2) is 55.1 Å². The van der Waals surface area contributed by atoms with E-state index < -0.39 is 0 Å². The van der Waals surface area contributed by atoms with E-state index in [-0.39, 0.29) is 11.9 Å². The van der Waals surface area contributed by atoms with Gasteiger partial charge in [0.2, 0.25) is 0 Å². The van der Waals surface area contributed by atoms with E-state index in [2.05, 4.69) is 22.2 Å². The number of carbonyl (C=O) groups is 1. The first-order valence-electron chi connectivity index (χ1n) is 8.27. The largest absolute Gasteiger partial charge is 0.329 e. The van der Waals surface area contributed by atoms with Crippen LogP contribution in [0, 0.1) is 0 Å². The minimum Gasteiger partial charge on any atom is -0.329 e. The van der Waals surface area contributed by atoms with Crippen LogP contribution in [-0.4, -0.2) is 31.6 Å². The number of benzene rings is 2. The summed E-state index contributed by atoms with van der Waals surface area (Å²) in [5.74, 6) is -0.105. The van der Waals surface area contributed by atoms with E-state index in [9.17, 15) is 4.79 Å². The summed E-state index contributed by atoms with van der Waals surface area (Å²) >= 11 is 12.2. The molecule has 0 N–H and O–H groups in total. The van der Waals surface area contributed by atoms with Gasteiger partial charge < -0.3 is 4.90 Å². The van der Waals surface area contributed by atoms with E-state index in [0.29, 0.717) is 28.7 Å². The van der Waals surface area contributed by atoms with Crippen LogP contribution in [0.5, 0.6) is 0 Å². The molecule has 0 aliphatic carbocycles. The molecule has 1 atom stereocenters. The van der Waals surface area contributed by atoms with E-state index in [1.807, 2.05) is 17.0 Å². The molecule has 0 unspecified atom stereocenters. The Morgan fingerprint density at radius 3 is 2.69 bits per heavy atom. The molecule has 0 saturated carbocycles. The number of rotatable bonds is 3. The van der Waals surface area contributed by atoms with Crippen molar-refractivity contribution >= 4 is 29.1 Å². The predicted molar refractivity (Wildman–Crippen MR) is 100 cm³/mol. The Balaban J connectivity index is 1.69. The maximum atomic E-state index is 13.2. The topological polar surface area (TPSA) is 51.0 Å². The smallest absolute Gasteiger partial charge is 0.255 e. The van der Waals surface area contributed by atoms with Crippen LogP contribution in [-0.2, 0) is 19.5 Å². The molecule has 7 heteroatoms. The zero-order chi connectivity index (χ0) is 18.1. The van der Waals surface area contributed by atoms with Crippen molar-refractivity contribution in [3.8, 4) is 0 Å². The molecular weight excluding hydrogens is 371 g/mol. The highest BCUT2D eigenvalue weighted by molar-refractivity contribution is 6.36. The lowest BCUT2D eigenvalue weighted by molar-refractivity contribution is 0.0614. The van der Waals surface area contributed by atoms with Crippen LogP contribution in [0.25, 0.3) is 0 Å². The summed E-state index contributed by atoms with van der Waals surface area (Å²) in [4.78, 5) is 19.1. The van der Waals surface area contributed by atoms with E-state index in [0.717, 1.165) is 12.0 Å². The fraction of sp³-hybridized carbons (Fsp3) is 0.211. The molecule has 26 heavy (non-hydrogen) atoms. The first-order chi connectivity index (χ1) is 12.6. The molecule has 132 valence electrons. The third-order valence-corrected chi connectivity index (χ3v) is 5.19. The van der Waals surface area contributed by atoms with Gasteiger partial charge in [-0.25, -0.2) is 4.98 Å². The van der Waals surface area contributed by atoms with Crippen molar-refractivity contribution in [1.29, 1.82) is 0 Å². The van der Waals surface area contributed by atoms with Gasteiger partial charge in [-0.1, -0.05) is 47.5 Å². The zero-order valence-electron chi connectivity index (χ0n) is 13.8. The molecule has 1 amide bonds. The second-order valence-electron chi connectivity index (χ2n) is 6.30. The fourth-order valence-electron chi connectivity index (χ4n) is 3.35. The van der Waals surface area contributed by atoms with Gasteiger partial charge >= 0.3 is 0 Å². The van der Waals surface area contributed by atoms with Gasteiger partial charge in [0.25, 0.3) is 5.91 Å². The van der Waals surface area contributed by atoms with Gasteiger partial charge in [0.1, 0.15) is 12.7 Å². The van der Waals surface area contributed by atoms with Crippen molar-refractivity contribution in [1.82, 2.24) is 19.7 Å². The Bertz CT molecular complexity index is 942. The lowest BCUT2D eigenvalue weighted by atomic mass is 9.93. The van der Waals surface area contributed by atoms with Crippen molar-refractivity contribution in [2.24, 2.45) is 0 Å². The molecule has 3 aromatic rings. The Hall–Kier alpha value is -2.37. The molecule has 0 bridgehead atoms. The third kappa shape index (κ3) is 3.32. The van der Waals surface area contributed by atoms with Crippen molar-refractivity contribution in [2.75, 3.05) is 0 Å². The van der Waals surface area contributed by atoms with Gasteiger partial charge in [-0.2, -0.15) is 5.10 Å². The van der Waals surface area contributed by atoms with Gasteiger partial charge in [-0.15, -0.1) is 0 Å². The number of nitrogens with zero attached hydrogens (tertiary/aromatic N) is 4. The molecule has 0 spiro atoms. The first-order valence-corrected chi connectivity index (χ1v) is 9.02. The van der Waals surface area contributed by atoms with Gasteiger partial charge in [-0.3, -0.25) is 9.48 Å². The van der Waals surface area contributed by atoms with Crippen LogP contribution in [0.1, 0.15) is 21.5 Å². The fourth-order valence-corrected chi connectivity index (χ4v) is 3.84. The van der Waals surface area contributed by atoms with Crippen LogP contribution in [0.2, 0.25) is 10.0 Å². The lowest BCUT2D eigenvalue weighted by Crippen LogP contribution is -2.46. The molecule has 0 fully saturated rings. The lowest BCUT2D eigenvalue weighted by Gasteiger charge is -2.37. The van der Waals surface area contributed by atoms with Crippen molar-refractivity contribution in [2.45, 2.75) is 25.6 Å². The monoisotopic (exact) mass is 386 g/mol. The minimum atomic E-state index is -0.105. The molecule has 0 saturated heterocycles. The average Bonchev–Trinajstić information content (AvgIpc) is 3.14. The molecule has 1 aromatic heterocycles. The van der Waals surface area contributed by atoms with E-state index in [1.54, 1.807) is 29.2 Å². The first kappa shape index (κ1) is 17.1. The van der Waals surface area contributed by atoms with E-state index in [1.165, 1.54) is 11.9 Å². The van der Waals surface area contributed by atoms with Crippen LogP contribution in [0.4, 0.5) is 0 Å². The van der Waals surface area contributed by atoms with Gasteiger partial charge in [-0.05, 0) is 35.7 Å². The highest BCUT2D eigenvalue weighted by Gasteiger charge is 2.31. The van der Waals surface area contributed by atoms with Crippen LogP contribution >= 0.6 is 23.2 Å². The van der Waals surface area contributed by atoms with Gasteiger partial charge in [0.05, 0.1) is 23.2 Å². The number of aromatic nitrogens is 3. The molecule has 1 aliphatic heterocycles. The second kappa shape index (κ2) is 7.09. The standard InChI is InChI=1S/C19H16Cl2N4O/c20-15-5-6-17(18(21)8-15)19(26)25-9-14-4-2-1-3-13(14)7-16(25)10-24-12-22-11-23-24/h1-6,8,11-12,16H,7,9-10H2/t16-/m0/s1. The normalized spacial score (nSPS) is 16.4. The second-order valence-corrected chi connectivity index (χ2v) is 7.15. The van der Waals surface area contributed by atoms with Crippen molar-refractivity contribution in [3.63, 3.8) is 0 Å². The predicted octanol–water partition coefficient (Wildman–Crippen LogP) is 3.85. The average molecular weight is 387 g/mol. The van der Waals surface area contributed by atoms with Crippen molar-refractivity contribution in [3.05, 3.63) is 81.9 Å². The highest BCUT2D eigenvalue weighted by atomic mass is 35.5. The Kier molecular flexibility index (Phi) is 4.66. The Labute approximate surface area is 161 Å². The number of carbonyl (C=O) groups excluding carboxylic acids is 1. The quantitative estimate of drug-likeness (QED) is 0.686. The molecule has 2 aromatic carbocycles. The van der Waals surface area contributed by atoms with Crippen LogP contribution in [0.3, 0.4) is 0 Å². The maximum Gasteiger partial charge on any atom is 0.255 e. The summed E-state index contributed by atoms with van der Waals surface area (Å²) in [7, 11) is 0. The van der Waals surface area contributed by atoms with E-state index in [4.69, 9.17) is 23.2 Å². The molecule has 5 nitrogen and oxygen atoms in total. The summed E-state index contributed by atoms with van der Waals surface area (Å²) in [5.41, 5.74) is 2.86. The van der Waals surface area contributed by atoms with Gasteiger partial charge in [0, 0.05) is 11.6 Å². The number of amides is 1. The summed E-state index contributed by atoms with van der Waals surface area (Å²) in [6.45, 7) is 1.11. The van der Waals surface area contributed by atoms with Crippen LogP contribution < -0.4 is 0 Å². The number of hydrogen-bond acceptors (Lipinski definition) is 3. The Morgan fingerprint density at radius 2 is 1.96 bits per heavy atom. The highest BCUT2D eigenvalue weighted by Crippen LogP contribution is 2.28. The Morgan fingerprint density at radius 1 is 1.15 bits per heavy atom. The SMILES string of the molecule is O=C(c1ccc(Cl)cc1Cl)N1Cc2ccccc2C[C@H]1Cn1cncn1. The molecule has 2 heterocycles. The summed E-state index contributed by atoms with van der Waals surface area (Å²) in [5, 5.41) is 5.06. The summed E-state index contributed by atoms with van der Waals surface area (Å²) in [6, 6.07) is 13.1.